The van der Waals surface area contributed by atoms with Gasteiger partial charge < -0.3 is 5.32 Å². The summed E-state index contributed by atoms with van der Waals surface area (Å²) in [4.78, 5) is 4.49. The van der Waals surface area contributed by atoms with Crippen molar-refractivity contribution in [2.24, 2.45) is 5.92 Å². The Kier molecular flexibility index (Phi) is 3.47. The van der Waals surface area contributed by atoms with Crippen molar-refractivity contribution in [1.29, 1.82) is 0 Å². The lowest BCUT2D eigenvalue weighted by molar-refractivity contribution is 0.361. The van der Waals surface area contributed by atoms with Crippen LogP contribution < -0.4 is 5.32 Å². The van der Waals surface area contributed by atoms with Crippen LogP contribution in [0.3, 0.4) is 0 Å². The van der Waals surface area contributed by atoms with Crippen molar-refractivity contribution < 1.29 is 0 Å². The predicted octanol–water partition coefficient (Wildman–Crippen LogP) is 3.69. The molecule has 2 nitrogen and oxygen atoms in total. The Morgan fingerprint density at radius 2 is 1.81 bits per heavy atom. The summed E-state index contributed by atoms with van der Waals surface area (Å²) in [6.07, 6.45) is 5.31. The van der Waals surface area contributed by atoms with Crippen molar-refractivity contribution in [1.82, 2.24) is 4.98 Å². The summed E-state index contributed by atoms with van der Waals surface area (Å²) in [6, 6.07) is 4.90. The lowest BCUT2D eigenvalue weighted by Gasteiger charge is -2.28. The van der Waals surface area contributed by atoms with E-state index in [1.165, 1.54) is 31.4 Å². The molecule has 0 aromatic carbocycles. The van der Waals surface area contributed by atoms with E-state index in [1.807, 2.05) is 6.92 Å². The average Bonchev–Trinajstić information content (AvgIpc) is 2.25. The number of hydrogen-bond donors (Lipinski definition) is 1. The monoisotopic (exact) mass is 218 g/mol. The summed E-state index contributed by atoms with van der Waals surface area (Å²) in [5, 5.41) is 3.63. The number of aryl methyl sites for hydroxylation is 2. The summed E-state index contributed by atoms with van der Waals surface area (Å²) in [7, 11) is 0. The Hall–Kier alpha value is -1.05. The first-order chi connectivity index (χ1) is 7.65. The van der Waals surface area contributed by atoms with Crippen LogP contribution in [0.1, 0.15) is 44.0 Å². The van der Waals surface area contributed by atoms with E-state index in [0.717, 1.165) is 17.3 Å². The van der Waals surface area contributed by atoms with E-state index in [1.54, 1.807) is 0 Å². The first kappa shape index (κ1) is 11.4. The predicted molar refractivity (Wildman–Crippen MR) is 68.8 cm³/mol. The Balaban J connectivity index is 1.98. The summed E-state index contributed by atoms with van der Waals surface area (Å²) in [6.45, 7) is 6.48. The van der Waals surface area contributed by atoms with Crippen LogP contribution in [-0.2, 0) is 0 Å². The Morgan fingerprint density at radius 3 is 2.44 bits per heavy atom. The van der Waals surface area contributed by atoms with Crippen molar-refractivity contribution in [2.45, 2.75) is 52.5 Å². The summed E-state index contributed by atoms with van der Waals surface area (Å²) < 4.78 is 0. The molecule has 1 aliphatic rings. The molecule has 0 spiro atoms. The third kappa shape index (κ3) is 2.75. The quantitative estimate of drug-likeness (QED) is 0.819. The molecule has 88 valence electrons. The van der Waals surface area contributed by atoms with Crippen molar-refractivity contribution in [2.75, 3.05) is 5.32 Å². The number of aromatic nitrogens is 1. The first-order valence-electron chi connectivity index (χ1n) is 6.36. The van der Waals surface area contributed by atoms with Crippen LogP contribution in [0, 0.1) is 19.8 Å². The average molecular weight is 218 g/mol. The third-order valence-corrected chi connectivity index (χ3v) is 3.60. The minimum absolute atomic E-state index is 0.652. The van der Waals surface area contributed by atoms with Gasteiger partial charge in [-0.2, -0.15) is 0 Å². The molecule has 1 heterocycles. The van der Waals surface area contributed by atoms with E-state index in [2.05, 4.69) is 36.3 Å². The smallest absolute Gasteiger partial charge is 0.0606 e. The van der Waals surface area contributed by atoms with Crippen LogP contribution in [0.4, 0.5) is 5.69 Å². The number of nitrogens with zero attached hydrogens (tertiary/aromatic N) is 1. The molecule has 0 bridgehead atoms. The van der Waals surface area contributed by atoms with Gasteiger partial charge in [0.25, 0.3) is 0 Å². The fourth-order valence-electron chi connectivity index (χ4n) is 2.46. The summed E-state index contributed by atoms with van der Waals surface area (Å²) >= 11 is 0. The van der Waals surface area contributed by atoms with Crippen LogP contribution in [0.25, 0.3) is 0 Å². The molecular weight excluding hydrogens is 196 g/mol. The van der Waals surface area contributed by atoms with Gasteiger partial charge in [-0.05, 0) is 57.6 Å². The molecule has 0 saturated heterocycles. The fourth-order valence-corrected chi connectivity index (χ4v) is 2.46. The molecule has 1 aromatic heterocycles. The molecule has 1 aliphatic carbocycles. The molecule has 0 atom stereocenters. The second-order valence-electron chi connectivity index (χ2n) is 5.19. The number of pyridine rings is 1. The summed E-state index contributed by atoms with van der Waals surface area (Å²) in [5.74, 6) is 0.912. The van der Waals surface area contributed by atoms with Gasteiger partial charge in [0.05, 0.1) is 11.4 Å². The number of rotatable bonds is 2. The highest BCUT2D eigenvalue weighted by molar-refractivity contribution is 5.48. The molecule has 2 heteroatoms. The molecule has 1 aromatic rings. The van der Waals surface area contributed by atoms with Gasteiger partial charge >= 0.3 is 0 Å². The lowest BCUT2D eigenvalue weighted by atomic mass is 9.87. The summed E-state index contributed by atoms with van der Waals surface area (Å²) in [5.41, 5.74) is 3.43. The zero-order chi connectivity index (χ0) is 11.5. The highest BCUT2D eigenvalue weighted by Crippen LogP contribution is 2.26. The topological polar surface area (TPSA) is 24.9 Å². The van der Waals surface area contributed by atoms with Crippen molar-refractivity contribution in [3.8, 4) is 0 Å². The minimum atomic E-state index is 0.652. The number of nitrogens with one attached hydrogen (secondary N) is 1. The third-order valence-electron chi connectivity index (χ3n) is 3.60. The highest BCUT2D eigenvalue weighted by Gasteiger charge is 2.18. The largest absolute Gasteiger partial charge is 0.381 e. The molecule has 0 amide bonds. The van der Waals surface area contributed by atoms with Crippen molar-refractivity contribution in [3.05, 3.63) is 23.5 Å². The Labute approximate surface area is 98.5 Å². The van der Waals surface area contributed by atoms with Gasteiger partial charge in [0.15, 0.2) is 0 Å². The van der Waals surface area contributed by atoms with Gasteiger partial charge in [-0.3, -0.25) is 4.98 Å². The maximum atomic E-state index is 4.49. The highest BCUT2D eigenvalue weighted by atomic mass is 14.9. The van der Waals surface area contributed by atoms with E-state index in [4.69, 9.17) is 0 Å². The zero-order valence-electron chi connectivity index (χ0n) is 10.6. The van der Waals surface area contributed by atoms with E-state index < -0.39 is 0 Å². The van der Waals surface area contributed by atoms with E-state index in [-0.39, 0.29) is 0 Å². The van der Waals surface area contributed by atoms with Crippen LogP contribution in [0.5, 0.6) is 0 Å². The van der Waals surface area contributed by atoms with Crippen molar-refractivity contribution in [3.63, 3.8) is 0 Å². The molecule has 0 unspecified atom stereocenters. The SMILES string of the molecule is Cc1ccc(NC2CCC(C)CC2)c(C)n1. The van der Waals surface area contributed by atoms with Gasteiger partial charge in [-0.25, -0.2) is 0 Å². The molecular formula is C14H22N2. The standard InChI is InChI=1S/C14H22N2/c1-10-4-7-13(8-5-10)16-14-9-6-11(2)15-12(14)3/h6,9-10,13,16H,4-5,7-8H2,1-3H3. The molecule has 16 heavy (non-hydrogen) atoms. The lowest BCUT2D eigenvalue weighted by Crippen LogP contribution is -2.25. The van der Waals surface area contributed by atoms with Gasteiger partial charge in [0.1, 0.15) is 0 Å². The van der Waals surface area contributed by atoms with Gasteiger partial charge in [0.2, 0.25) is 0 Å². The normalized spacial score (nSPS) is 25.4. The maximum Gasteiger partial charge on any atom is 0.0606 e. The fraction of sp³-hybridized carbons (Fsp3) is 0.643. The van der Waals surface area contributed by atoms with Crippen LogP contribution in [0.2, 0.25) is 0 Å². The van der Waals surface area contributed by atoms with Crippen LogP contribution in [-0.4, -0.2) is 11.0 Å². The molecule has 0 aliphatic heterocycles. The second-order valence-corrected chi connectivity index (χ2v) is 5.19. The molecule has 1 fully saturated rings. The van der Waals surface area contributed by atoms with Crippen LogP contribution in [0.15, 0.2) is 12.1 Å². The number of anilines is 1. The number of hydrogen-bond acceptors (Lipinski definition) is 2. The molecule has 0 radical (unpaired) electrons. The Morgan fingerprint density at radius 1 is 1.12 bits per heavy atom. The van der Waals surface area contributed by atoms with E-state index in [9.17, 15) is 0 Å². The zero-order valence-corrected chi connectivity index (χ0v) is 10.6. The molecule has 1 saturated carbocycles. The first-order valence-corrected chi connectivity index (χ1v) is 6.36. The van der Waals surface area contributed by atoms with Crippen molar-refractivity contribution >= 4 is 5.69 Å². The van der Waals surface area contributed by atoms with Gasteiger partial charge in [-0.1, -0.05) is 6.92 Å². The molecule has 2 rings (SSSR count). The van der Waals surface area contributed by atoms with Crippen LogP contribution >= 0.6 is 0 Å². The molecule has 1 N–H and O–H groups in total. The van der Waals surface area contributed by atoms with E-state index >= 15 is 0 Å². The second kappa shape index (κ2) is 4.86. The maximum absolute atomic E-state index is 4.49. The van der Waals surface area contributed by atoms with Gasteiger partial charge in [-0.15, -0.1) is 0 Å². The van der Waals surface area contributed by atoms with Gasteiger partial charge in [0, 0.05) is 11.7 Å². The van der Waals surface area contributed by atoms with E-state index in [0.29, 0.717) is 6.04 Å². The Bertz CT molecular complexity index is 352. The minimum Gasteiger partial charge on any atom is -0.381 e.